The number of carbonyl (C=O) groups excluding carboxylic acids is 2. The Labute approximate surface area is 101 Å². The van der Waals surface area contributed by atoms with E-state index in [1.165, 1.54) is 0 Å². The van der Waals surface area contributed by atoms with Crippen molar-refractivity contribution in [1.29, 1.82) is 0 Å². The smallest absolute Gasteiger partial charge is 0.318 e. The van der Waals surface area contributed by atoms with Gasteiger partial charge in [0.2, 0.25) is 0 Å². The summed E-state index contributed by atoms with van der Waals surface area (Å²) in [6, 6.07) is 3.81. The summed E-state index contributed by atoms with van der Waals surface area (Å²) in [7, 11) is 0. The Morgan fingerprint density at radius 3 is 2.69 bits per heavy atom. The minimum absolute atomic E-state index is 0.205. The van der Waals surface area contributed by atoms with E-state index < -0.39 is 11.9 Å². The summed E-state index contributed by atoms with van der Waals surface area (Å²) in [6.07, 6.45) is 0. The number of amides is 3. The first-order chi connectivity index (χ1) is 7.50. The zero-order valence-corrected chi connectivity index (χ0v) is 9.51. The molecule has 1 rings (SSSR count). The molecule has 0 atom stereocenters. The molecule has 0 saturated carbocycles. The topological polar surface area (TPSA) is 81.4 Å². The monoisotopic (exact) mass is 262 g/mol. The van der Waals surface area contributed by atoms with Crippen LogP contribution in [0, 0.1) is 0 Å². The highest BCUT2D eigenvalue weighted by Gasteiger charge is 2.09. The molecule has 0 saturated heterocycles. The Bertz CT molecular complexity index is 423. The number of hydrogen-bond donors (Lipinski definition) is 2. The highest BCUT2D eigenvalue weighted by molar-refractivity contribution is 6.42. The lowest BCUT2D eigenvalue weighted by molar-refractivity contribution is -0.121. The molecule has 0 radical (unpaired) electrons. The second kappa shape index (κ2) is 5.58. The van der Waals surface area contributed by atoms with Gasteiger partial charge in [-0.2, -0.15) is 0 Å². The summed E-state index contributed by atoms with van der Waals surface area (Å²) >= 11 is 11.5. The highest BCUT2D eigenvalue weighted by Crippen LogP contribution is 2.31. The van der Waals surface area contributed by atoms with E-state index in [1.807, 2.05) is 5.32 Å². The third kappa shape index (κ3) is 3.60. The van der Waals surface area contributed by atoms with Gasteiger partial charge in [-0.3, -0.25) is 10.1 Å². The van der Waals surface area contributed by atoms with Crippen LogP contribution in [0.3, 0.4) is 0 Å². The van der Waals surface area contributed by atoms with E-state index in [4.69, 9.17) is 33.7 Å². The third-order valence-electron chi connectivity index (χ3n) is 1.54. The molecule has 16 heavy (non-hydrogen) atoms. The van der Waals surface area contributed by atoms with Crippen molar-refractivity contribution in [2.75, 3.05) is 6.61 Å². The lowest BCUT2D eigenvalue weighted by Crippen LogP contribution is -2.38. The molecule has 3 N–H and O–H groups in total. The molecule has 0 fully saturated rings. The maximum atomic E-state index is 11.0. The molecule has 0 spiro atoms. The Morgan fingerprint density at radius 2 is 2.06 bits per heavy atom. The van der Waals surface area contributed by atoms with Crippen LogP contribution in [0.15, 0.2) is 18.2 Å². The van der Waals surface area contributed by atoms with E-state index in [-0.39, 0.29) is 17.4 Å². The van der Waals surface area contributed by atoms with E-state index in [0.29, 0.717) is 5.02 Å². The summed E-state index contributed by atoms with van der Waals surface area (Å²) in [5.74, 6) is -0.405. The van der Waals surface area contributed by atoms with Gasteiger partial charge in [0.25, 0.3) is 5.91 Å². The fourth-order valence-electron chi connectivity index (χ4n) is 0.912. The van der Waals surface area contributed by atoms with Gasteiger partial charge >= 0.3 is 6.03 Å². The van der Waals surface area contributed by atoms with Crippen LogP contribution < -0.4 is 15.8 Å². The van der Waals surface area contributed by atoms with Gasteiger partial charge in [-0.05, 0) is 12.1 Å². The number of ether oxygens (including phenoxy) is 1. The maximum Gasteiger partial charge on any atom is 0.318 e. The van der Waals surface area contributed by atoms with Crippen molar-refractivity contribution < 1.29 is 14.3 Å². The molecule has 3 amide bonds. The van der Waals surface area contributed by atoms with Crippen molar-refractivity contribution in [2.24, 2.45) is 5.73 Å². The van der Waals surface area contributed by atoms with E-state index in [2.05, 4.69) is 0 Å². The zero-order valence-electron chi connectivity index (χ0n) is 8.00. The number of nitrogens with one attached hydrogen (secondary N) is 1. The Kier molecular flexibility index (Phi) is 4.39. The fraction of sp³-hybridized carbons (Fsp3) is 0.111. The van der Waals surface area contributed by atoms with Gasteiger partial charge in [-0.1, -0.05) is 29.3 Å². The van der Waals surface area contributed by atoms with Gasteiger partial charge in [-0.15, -0.1) is 0 Å². The van der Waals surface area contributed by atoms with E-state index in [0.717, 1.165) is 0 Å². The van der Waals surface area contributed by atoms with Crippen LogP contribution in [0.2, 0.25) is 10.0 Å². The van der Waals surface area contributed by atoms with Gasteiger partial charge in [0, 0.05) is 0 Å². The van der Waals surface area contributed by atoms with Gasteiger partial charge in [0.15, 0.2) is 6.61 Å². The number of halogens is 2. The minimum Gasteiger partial charge on any atom is -0.482 e. The van der Waals surface area contributed by atoms with Crippen LogP contribution in [-0.4, -0.2) is 18.5 Å². The predicted octanol–water partition coefficient (Wildman–Crippen LogP) is 1.57. The lowest BCUT2D eigenvalue weighted by atomic mass is 10.3. The molecule has 0 aliphatic heterocycles. The maximum absolute atomic E-state index is 11.0. The van der Waals surface area contributed by atoms with Gasteiger partial charge in [0.05, 0.1) is 5.02 Å². The zero-order chi connectivity index (χ0) is 12.1. The Morgan fingerprint density at radius 1 is 1.38 bits per heavy atom. The molecule has 5 nitrogen and oxygen atoms in total. The second-order valence-electron chi connectivity index (χ2n) is 2.75. The molecule has 7 heteroatoms. The van der Waals surface area contributed by atoms with Crippen LogP contribution in [0.5, 0.6) is 5.75 Å². The molecular weight excluding hydrogens is 255 g/mol. The quantitative estimate of drug-likeness (QED) is 0.868. The van der Waals surface area contributed by atoms with Crippen LogP contribution in [0.25, 0.3) is 0 Å². The van der Waals surface area contributed by atoms with Crippen LogP contribution in [0.1, 0.15) is 0 Å². The molecule has 86 valence electrons. The first-order valence-corrected chi connectivity index (χ1v) is 4.92. The van der Waals surface area contributed by atoms with Crippen molar-refractivity contribution in [3.8, 4) is 5.75 Å². The van der Waals surface area contributed by atoms with Crippen LogP contribution in [-0.2, 0) is 4.79 Å². The molecule has 0 unspecified atom stereocenters. The number of urea groups is 1. The Hall–Kier alpha value is -1.46. The van der Waals surface area contributed by atoms with Crippen molar-refractivity contribution in [1.82, 2.24) is 5.32 Å². The van der Waals surface area contributed by atoms with E-state index in [1.54, 1.807) is 18.2 Å². The summed E-state index contributed by atoms with van der Waals surface area (Å²) in [5, 5.41) is 2.36. The number of rotatable bonds is 3. The largest absolute Gasteiger partial charge is 0.482 e. The van der Waals surface area contributed by atoms with E-state index in [9.17, 15) is 9.59 Å². The summed E-state index contributed by atoms with van der Waals surface area (Å²) < 4.78 is 5.04. The number of imide groups is 1. The van der Waals surface area contributed by atoms with Gasteiger partial charge in [0.1, 0.15) is 10.8 Å². The number of primary amides is 1. The lowest BCUT2D eigenvalue weighted by Gasteiger charge is -2.07. The summed E-state index contributed by atoms with van der Waals surface area (Å²) in [6.45, 7) is -0.372. The predicted molar refractivity (Wildman–Crippen MR) is 59.7 cm³/mol. The number of carbonyl (C=O) groups is 2. The number of nitrogens with two attached hydrogens (primary N) is 1. The highest BCUT2D eigenvalue weighted by atomic mass is 35.5. The second-order valence-corrected chi connectivity index (χ2v) is 3.54. The molecular formula is C9H8Cl2N2O3. The van der Waals surface area contributed by atoms with Crippen molar-refractivity contribution in [3.05, 3.63) is 28.2 Å². The molecule has 0 heterocycles. The van der Waals surface area contributed by atoms with E-state index >= 15 is 0 Å². The molecule has 1 aromatic rings. The average Bonchev–Trinajstić information content (AvgIpc) is 2.19. The van der Waals surface area contributed by atoms with Gasteiger partial charge < -0.3 is 10.5 Å². The molecule has 1 aromatic carbocycles. The average molecular weight is 263 g/mol. The molecule has 0 bridgehead atoms. The summed E-state index contributed by atoms with van der Waals surface area (Å²) in [4.78, 5) is 21.3. The number of benzene rings is 1. The normalized spacial score (nSPS) is 9.62. The number of hydrogen-bond acceptors (Lipinski definition) is 3. The standard InChI is InChI=1S/C9H8Cl2N2O3/c10-5-2-1-3-6(8(5)11)16-4-7(14)13-9(12)15/h1-3H,4H2,(H3,12,13,14,15). The third-order valence-corrected chi connectivity index (χ3v) is 2.34. The first kappa shape index (κ1) is 12.6. The van der Waals surface area contributed by atoms with Crippen molar-refractivity contribution in [3.63, 3.8) is 0 Å². The minimum atomic E-state index is -0.939. The Balaban J connectivity index is 2.58. The fourth-order valence-corrected chi connectivity index (χ4v) is 1.26. The molecule has 0 aromatic heterocycles. The van der Waals surface area contributed by atoms with Crippen LogP contribution >= 0.6 is 23.2 Å². The van der Waals surface area contributed by atoms with Crippen molar-refractivity contribution >= 4 is 35.1 Å². The van der Waals surface area contributed by atoms with Crippen molar-refractivity contribution in [2.45, 2.75) is 0 Å². The summed E-state index contributed by atoms with van der Waals surface area (Å²) in [5.41, 5.74) is 4.74. The van der Waals surface area contributed by atoms with Crippen LogP contribution in [0.4, 0.5) is 4.79 Å². The molecule has 0 aliphatic rings. The SMILES string of the molecule is NC(=O)NC(=O)COc1cccc(Cl)c1Cl. The molecule has 0 aliphatic carbocycles. The van der Waals surface area contributed by atoms with Gasteiger partial charge in [-0.25, -0.2) is 4.79 Å². The first-order valence-electron chi connectivity index (χ1n) is 4.17.